The molecule has 0 fully saturated rings. The number of esters is 1. The molecule has 0 bridgehead atoms. The van der Waals surface area contributed by atoms with Crippen LogP contribution in [0.1, 0.15) is 19.4 Å². The number of hydrogen-bond acceptors (Lipinski definition) is 5. The first-order valence-electron chi connectivity index (χ1n) is 5.67. The van der Waals surface area contributed by atoms with Gasteiger partial charge in [-0.15, -0.1) is 0 Å². The molecule has 0 N–H and O–H groups in total. The number of benzene rings is 1. The molecule has 0 saturated heterocycles. The Morgan fingerprint density at radius 1 is 1.05 bits per heavy atom. The second kappa shape index (κ2) is 6.70. The third-order valence-electron chi connectivity index (χ3n) is 2.36. The van der Waals surface area contributed by atoms with E-state index >= 15 is 0 Å². The summed E-state index contributed by atoms with van der Waals surface area (Å²) in [5.74, 6) is -1.42. The smallest absolute Gasteiger partial charge is 0.366 e. The summed E-state index contributed by atoms with van der Waals surface area (Å²) in [6.07, 6.45) is 1.90. The number of hydrogen-bond donors (Lipinski definition) is 0. The summed E-state index contributed by atoms with van der Waals surface area (Å²) in [6, 6.07) is 9.32. The van der Waals surface area contributed by atoms with Crippen LogP contribution in [-0.2, 0) is 29.7 Å². The summed E-state index contributed by atoms with van der Waals surface area (Å²) in [4.78, 5) is 31.8. The Hall–Kier alpha value is -2.14. The Balaban J connectivity index is 2.54. The average molecular weight is 264 g/mol. The van der Waals surface area contributed by atoms with Crippen molar-refractivity contribution in [2.75, 3.05) is 7.11 Å². The molecule has 0 aliphatic heterocycles. The van der Waals surface area contributed by atoms with Crippen molar-refractivity contribution in [3.05, 3.63) is 48.0 Å². The zero-order valence-corrected chi connectivity index (χ0v) is 11.1. The largest absolute Gasteiger partial charge is 0.466 e. The average Bonchev–Trinajstić information content (AvgIpc) is 2.43. The maximum atomic E-state index is 11.3. The van der Waals surface area contributed by atoms with Gasteiger partial charge in [-0.2, -0.15) is 4.89 Å². The minimum absolute atomic E-state index is 0.640. The van der Waals surface area contributed by atoms with E-state index in [1.807, 2.05) is 30.3 Å². The fourth-order valence-electron chi connectivity index (χ4n) is 1.26. The van der Waals surface area contributed by atoms with Crippen molar-refractivity contribution in [2.24, 2.45) is 0 Å². The number of ether oxygens (including phenoxy) is 1. The van der Waals surface area contributed by atoms with Crippen LogP contribution in [0.4, 0.5) is 0 Å². The Morgan fingerprint density at radius 2 is 1.63 bits per heavy atom. The summed E-state index contributed by atoms with van der Waals surface area (Å²) in [5.41, 5.74) is 0.0792. The molecular weight excluding hydrogens is 248 g/mol. The van der Waals surface area contributed by atoms with Gasteiger partial charge in [-0.3, -0.25) is 4.89 Å². The normalized spacial score (nSPS) is 11.3. The van der Waals surface area contributed by atoms with Gasteiger partial charge in [0.05, 0.1) is 7.11 Å². The first kappa shape index (κ1) is 14.9. The molecular formula is C14H16O5. The van der Waals surface area contributed by atoms with Crippen LogP contribution in [-0.4, -0.2) is 19.0 Å². The summed E-state index contributed by atoms with van der Waals surface area (Å²) in [7, 11) is 1.22. The monoisotopic (exact) mass is 264 g/mol. The minimum Gasteiger partial charge on any atom is -0.466 e. The lowest BCUT2D eigenvalue weighted by Crippen LogP contribution is -2.23. The molecule has 0 aliphatic carbocycles. The van der Waals surface area contributed by atoms with Gasteiger partial charge in [-0.25, -0.2) is 9.59 Å². The first-order chi connectivity index (χ1) is 8.95. The van der Waals surface area contributed by atoms with Crippen LogP contribution in [0.5, 0.6) is 0 Å². The Morgan fingerprint density at radius 3 is 2.21 bits per heavy atom. The van der Waals surface area contributed by atoms with Crippen molar-refractivity contribution in [1.29, 1.82) is 0 Å². The maximum Gasteiger partial charge on any atom is 0.366 e. The van der Waals surface area contributed by atoms with E-state index in [4.69, 9.17) is 4.89 Å². The van der Waals surface area contributed by atoms with Crippen LogP contribution in [0.3, 0.4) is 0 Å². The van der Waals surface area contributed by atoms with Crippen LogP contribution >= 0.6 is 0 Å². The quantitative estimate of drug-likeness (QED) is 0.353. The standard InChI is InChI=1S/C14H16O5/c1-14(2,11-7-5-4-6-8-11)19-18-13(16)10-9-12(15)17-3/h4-10H,1-3H3/b10-9+. The van der Waals surface area contributed by atoms with E-state index < -0.39 is 17.5 Å². The van der Waals surface area contributed by atoms with Gasteiger partial charge >= 0.3 is 11.9 Å². The molecule has 0 amide bonds. The summed E-state index contributed by atoms with van der Waals surface area (Å²) in [6.45, 7) is 3.53. The molecule has 0 heterocycles. The summed E-state index contributed by atoms with van der Waals surface area (Å²) < 4.78 is 4.34. The predicted molar refractivity (Wildman–Crippen MR) is 67.8 cm³/mol. The van der Waals surface area contributed by atoms with Crippen LogP contribution in [0.2, 0.25) is 0 Å². The SMILES string of the molecule is COC(=O)/C=C/C(=O)OOC(C)(C)c1ccccc1. The molecule has 102 valence electrons. The van der Waals surface area contributed by atoms with Gasteiger partial charge in [0.2, 0.25) is 0 Å². The number of rotatable bonds is 5. The van der Waals surface area contributed by atoms with E-state index in [1.54, 1.807) is 13.8 Å². The third-order valence-corrected chi connectivity index (χ3v) is 2.36. The highest BCUT2D eigenvalue weighted by atomic mass is 17.2. The summed E-state index contributed by atoms with van der Waals surface area (Å²) >= 11 is 0. The highest BCUT2D eigenvalue weighted by Gasteiger charge is 2.24. The van der Waals surface area contributed by atoms with Crippen LogP contribution in [0, 0.1) is 0 Å². The Labute approximate surface area is 111 Å². The second-order valence-corrected chi connectivity index (χ2v) is 4.22. The number of carbonyl (C=O) groups is 2. The Kier molecular flexibility index (Phi) is 5.26. The van der Waals surface area contributed by atoms with Crippen molar-refractivity contribution in [2.45, 2.75) is 19.4 Å². The fraction of sp³-hybridized carbons (Fsp3) is 0.286. The van der Waals surface area contributed by atoms with Gasteiger partial charge in [0.25, 0.3) is 0 Å². The molecule has 0 spiro atoms. The maximum absolute atomic E-state index is 11.3. The molecule has 5 nitrogen and oxygen atoms in total. The van der Waals surface area contributed by atoms with E-state index in [-0.39, 0.29) is 0 Å². The van der Waals surface area contributed by atoms with E-state index in [2.05, 4.69) is 9.62 Å². The second-order valence-electron chi connectivity index (χ2n) is 4.22. The van der Waals surface area contributed by atoms with E-state index in [0.717, 1.165) is 17.7 Å². The summed E-state index contributed by atoms with van der Waals surface area (Å²) in [5, 5.41) is 0. The highest BCUT2D eigenvalue weighted by Crippen LogP contribution is 2.24. The van der Waals surface area contributed by atoms with Crippen LogP contribution in [0.15, 0.2) is 42.5 Å². The highest BCUT2D eigenvalue weighted by molar-refractivity contribution is 5.91. The zero-order chi connectivity index (χ0) is 14.3. The molecule has 0 saturated carbocycles. The molecule has 0 radical (unpaired) electrons. The van der Waals surface area contributed by atoms with E-state index in [9.17, 15) is 9.59 Å². The molecule has 0 unspecified atom stereocenters. The number of carbonyl (C=O) groups excluding carboxylic acids is 2. The van der Waals surface area contributed by atoms with Crippen molar-refractivity contribution in [1.82, 2.24) is 0 Å². The number of methoxy groups -OCH3 is 1. The van der Waals surface area contributed by atoms with Crippen molar-refractivity contribution < 1.29 is 24.1 Å². The van der Waals surface area contributed by atoms with Crippen LogP contribution in [0.25, 0.3) is 0 Å². The van der Waals surface area contributed by atoms with Gasteiger partial charge in [0.1, 0.15) is 5.60 Å². The van der Waals surface area contributed by atoms with E-state index in [1.165, 1.54) is 7.11 Å². The third kappa shape index (κ3) is 4.93. The van der Waals surface area contributed by atoms with Crippen molar-refractivity contribution in [3.8, 4) is 0 Å². The molecule has 1 rings (SSSR count). The zero-order valence-electron chi connectivity index (χ0n) is 11.1. The first-order valence-corrected chi connectivity index (χ1v) is 5.67. The van der Waals surface area contributed by atoms with Gasteiger partial charge in [0, 0.05) is 12.2 Å². The fourth-order valence-corrected chi connectivity index (χ4v) is 1.26. The lowest BCUT2D eigenvalue weighted by molar-refractivity contribution is -0.326. The molecule has 0 aliphatic rings. The molecule has 0 aromatic heterocycles. The van der Waals surface area contributed by atoms with E-state index in [0.29, 0.717) is 0 Å². The molecule has 1 aromatic carbocycles. The van der Waals surface area contributed by atoms with Crippen molar-refractivity contribution >= 4 is 11.9 Å². The molecule has 0 atom stereocenters. The minimum atomic E-state index is -0.783. The Bertz CT molecular complexity index is 462. The molecule has 1 aromatic rings. The topological polar surface area (TPSA) is 61.8 Å². The van der Waals surface area contributed by atoms with Crippen molar-refractivity contribution in [3.63, 3.8) is 0 Å². The molecule has 19 heavy (non-hydrogen) atoms. The molecule has 5 heteroatoms. The van der Waals surface area contributed by atoms with Gasteiger partial charge in [0.15, 0.2) is 0 Å². The lowest BCUT2D eigenvalue weighted by Gasteiger charge is -2.22. The lowest BCUT2D eigenvalue weighted by atomic mass is 9.99. The van der Waals surface area contributed by atoms with Crippen LogP contribution < -0.4 is 0 Å². The predicted octanol–water partition coefficient (Wildman–Crippen LogP) is 2.13. The van der Waals surface area contributed by atoms with Gasteiger partial charge in [-0.05, 0) is 19.4 Å². The van der Waals surface area contributed by atoms with Gasteiger partial charge in [-0.1, -0.05) is 30.3 Å². The van der Waals surface area contributed by atoms with Gasteiger partial charge < -0.3 is 4.74 Å².